The van der Waals surface area contributed by atoms with E-state index in [1.165, 1.54) is 0 Å². The zero-order valence-electron chi connectivity index (χ0n) is 10.1. The maximum atomic E-state index is 11.7. The molecule has 2 unspecified atom stereocenters. The number of anilines is 1. The van der Waals surface area contributed by atoms with Gasteiger partial charge in [0.2, 0.25) is 5.91 Å². The Bertz CT molecular complexity index is 486. The molecule has 4 nitrogen and oxygen atoms in total. The van der Waals surface area contributed by atoms with Crippen LogP contribution < -0.4 is 10.2 Å². The Hall–Kier alpha value is -1.84. The molecule has 0 spiro atoms. The van der Waals surface area contributed by atoms with E-state index in [1.54, 1.807) is 0 Å². The molecule has 18 heavy (non-hydrogen) atoms. The van der Waals surface area contributed by atoms with Gasteiger partial charge in [-0.1, -0.05) is 12.1 Å². The van der Waals surface area contributed by atoms with Gasteiger partial charge < -0.3 is 10.2 Å². The third-order valence-corrected chi connectivity index (χ3v) is 3.97. The van der Waals surface area contributed by atoms with Crippen LogP contribution in [0.3, 0.4) is 0 Å². The van der Waals surface area contributed by atoms with Crippen LogP contribution in [0.5, 0.6) is 0 Å². The first-order chi connectivity index (χ1) is 8.81. The van der Waals surface area contributed by atoms with E-state index in [-0.39, 0.29) is 17.9 Å². The van der Waals surface area contributed by atoms with Crippen molar-refractivity contribution < 1.29 is 9.59 Å². The molecule has 2 heterocycles. The molecule has 1 aromatic rings. The van der Waals surface area contributed by atoms with Gasteiger partial charge in [0.25, 0.3) is 0 Å². The maximum Gasteiger partial charge on any atom is 0.225 e. The van der Waals surface area contributed by atoms with Crippen molar-refractivity contribution in [2.75, 3.05) is 18.0 Å². The van der Waals surface area contributed by atoms with Crippen LogP contribution in [0.25, 0.3) is 0 Å². The Morgan fingerprint density at radius 2 is 2.17 bits per heavy atom. The van der Waals surface area contributed by atoms with Crippen LogP contribution in [0.1, 0.15) is 23.2 Å². The summed E-state index contributed by atoms with van der Waals surface area (Å²) in [5, 5.41) is 2.93. The quantitative estimate of drug-likeness (QED) is 0.796. The molecular weight excluding hydrogens is 228 g/mol. The van der Waals surface area contributed by atoms with Gasteiger partial charge >= 0.3 is 0 Å². The SMILES string of the molecule is O=Cc1ccccc1N1CCCC2C(=O)NCC21. The fourth-order valence-corrected chi connectivity index (χ4v) is 3.10. The normalized spacial score (nSPS) is 26.7. The number of nitrogens with zero attached hydrogens (tertiary/aromatic N) is 1. The number of rotatable bonds is 2. The third kappa shape index (κ3) is 1.68. The molecule has 2 aliphatic rings. The van der Waals surface area contributed by atoms with Crippen molar-refractivity contribution >= 4 is 17.9 Å². The summed E-state index contributed by atoms with van der Waals surface area (Å²) < 4.78 is 0. The van der Waals surface area contributed by atoms with Gasteiger partial charge in [-0.25, -0.2) is 0 Å². The molecule has 2 aliphatic heterocycles. The minimum Gasteiger partial charge on any atom is -0.365 e. The highest BCUT2D eigenvalue weighted by molar-refractivity contribution is 5.87. The molecule has 1 aromatic carbocycles. The zero-order valence-corrected chi connectivity index (χ0v) is 10.1. The van der Waals surface area contributed by atoms with Gasteiger partial charge in [0, 0.05) is 24.3 Å². The molecule has 1 N–H and O–H groups in total. The van der Waals surface area contributed by atoms with Crippen molar-refractivity contribution in [3.05, 3.63) is 29.8 Å². The van der Waals surface area contributed by atoms with Crippen molar-refractivity contribution in [3.63, 3.8) is 0 Å². The predicted octanol–water partition coefficient (Wildman–Crippen LogP) is 1.21. The number of amides is 1. The third-order valence-electron chi connectivity index (χ3n) is 3.97. The lowest BCUT2D eigenvalue weighted by Gasteiger charge is -2.38. The van der Waals surface area contributed by atoms with Gasteiger partial charge in [-0.2, -0.15) is 0 Å². The first kappa shape index (κ1) is 11.3. The van der Waals surface area contributed by atoms with E-state index in [9.17, 15) is 9.59 Å². The highest BCUT2D eigenvalue weighted by atomic mass is 16.2. The van der Waals surface area contributed by atoms with Gasteiger partial charge in [-0.15, -0.1) is 0 Å². The number of carbonyl (C=O) groups is 2. The molecule has 0 aliphatic carbocycles. The number of piperidine rings is 1. The van der Waals surface area contributed by atoms with Crippen LogP contribution in [-0.4, -0.2) is 31.3 Å². The average Bonchev–Trinajstić information content (AvgIpc) is 2.81. The molecular formula is C14H16N2O2. The van der Waals surface area contributed by atoms with Gasteiger partial charge in [0.05, 0.1) is 12.0 Å². The predicted molar refractivity (Wildman–Crippen MR) is 68.7 cm³/mol. The topological polar surface area (TPSA) is 49.4 Å². The summed E-state index contributed by atoms with van der Waals surface area (Å²) in [6.45, 7) is 1.61. The number of para-hydroxylation sites is 1. The summed E-state index contributed by atoms with van der Waals surface area (Å²) in [6, 6.07) is 7.81. The van der Waals surface area contributed by atoms with Crippen molar-refractivity contribution in [1.82, 2.24) is 5.32 Å². The Morgan fingerprint density at radius 3 is 3.00 bits per heavy atom. The summed E-state index contributed by atoms with van der Waals surface area (Å²) in [5.41, 5.74) is 1.66. The standard InChI is InChI=1S/C14H16N2O2/c17-9-10-4-1-2-6-12(10)16-7-3-5-11-13(16)8-15-14(11)18/h1-2,4,6,9,11,13H,3,5,7-8H2,(H,15,18). The van der Waals surface area contributed by atoms with E-state index in [1.807, 2.05) is 24.3 Å². The van der Waals surface area contributed by atoms with Crippen LogP contribution in [0.15, 0.2) is 24.3 Å². The van der Waals surface area contributed by atoms with Crippen molar-refractivity contribution in [3.8, 4) is 0 Å². The number of nitrogens with one attached hydrogen (secondary N) is 1. The zero-order chi connectivity index (χ0) is 12.5. The van der Waals surface area contributed by atoms with E-state index >= 15 is 0 Å². The number of benzene rings is 1. The number of fused-ring (bicyclic) bond motifs is 1. The first-order valence-corrected chi connectivity index (χ1v) is 6.40. The van der Waals surface area contributed by atoms with E-state index in [4.69, 9.17) is 0 Å². The van der Waals surface area contributed by atoms with Crippen molar-refractivity contribution in [1.29, 1.82) is 0 Å². The number of carbonyl (C=O) groups excluding carboxylic acids is 2. The van der Waals surface area contributed by atoms with Crippen LogP contribution in [0, 0.1) is 5.92 Å². The summed E-state index contributed by atoms with van der Waals surface area (Å²) in [4.78, 5) is 25.1. The maximum absolute atomic E-state index is 11.7. The lowest BCUT2D eigenvalue weighted by molar-refractivity contribution is -0.122. The van der Waals surface area contributed by atoms with E-state index in [0.717, 1.165) is 31.4 Å². The molecule has 2 atom stereocenters. The molecule has 4 heteroatoms. The molecule has 0 bridgehead atoms. The second-order valence-electron chi connectivity index (χ2n) is 4.93. The molecule has 0 aromatic heterocycles. The van der Waals surface area contributed by atoms with Crippen LogP contribution in [0.4, 0.5) is 5.69 Å². The summed E-state index contributed by atoms with van der Waals surface area (Å²) in [6.07, 6.45) is 2.85. The van der Waals surface area contributed by atoms with E-state index in [2.05, 4.69) is 10.2 Å². The lowest BCUT2D eigenvalue weighted by atomic mass is 9.90. The van der Waals surface area contributed by atoms with Crippen LogP contribution in [-0.2, 0) is 4.79 Å². The number of hydrogen-bond acceptors (Lipinski definition) is 3. The Morgan fingerprint density at radius 1 is 1.33 bits per heavy atom. The average molecular weight is 244 g/mol. The van der Waals surface area contributed by atoms with E-state index < -0.39 is 0 Å². The molecule has 2 saturated heterocycles. The Kier molecular flexibility index (Phi) is 2.78. The fraction of sp³-hybridized carbons (Fsp3) is 0.429. The minimum atomic E-state index is 0.0819. The van der Waals surface area contributed by atoms with Gasteiger partial charge in [-0.05, 0) is 25.0 Å². The van der Waals surface area contributed by atoms with Crippen molar-refractivity contribution in [2.45, 2.75) is 18.9 Å². The van der Waals surface area contributed by atoms with Gasteiger partial charge in [0.1, 0.15) is 0 Å². The largest absolute Gasteiger partial charge is 0.365 e. The molecule has 3 rings (SSSR count). The monoisotopic (exact) mass is 244 g/mol. The number of aldehydes is 1. The highest BCUT2D eigenvalue weighted by Crippen LogP contribution is 2.32. The summed E-state index contributed by atoms with van der Waals surface area (Å²) in [5.74, 6) is 0.242. The smallest absolute Gasteiger partial charge is 0.225 e. The molecule has 1 amide bonds. The highest BCUT2D eigenvalue weighted by Gasteiger charge is 2.41. The molecule has 0 saturated carbocycles. The second-order valence-corrected chi connectivity index (χ2v) is 4.93. The summed E-state index contributed by atoms with van der Waals surface area (Å²) in [7, 11) is 0. The molecule has 0 radical (unpaired) electrons. The van der Waals surface area contributed by atoms with Crippen LogP contribution in [0.2, 0.25) is 0 Å². The Labute approximate surface area is 106 Å². The van der Waals surface area contributed by atoms with Crippen molar-refractivity contribution in [2.24, 2.45) is 5.92 Å². The molecule has 2 fully saturated rings. The molecule has 94 valence electrons. The van der Waals surface area contributed by atoms with E-state index in [0.29, 0.717) is 12.1 Å². The van der Waals surface area contributed by atoms with Gasteiger partial charge in [-0.3, -0.25) is 9.59 Å². The lowest BCUT2D eigenvalue weighted by Crippen LogP contribution is -2.46. The van der Waals surface area contributed by atoms with Crippen LogP contribution >= 0.6 is 0 Å². The Balaban J connectivity index is 1.96. The summed E-state index contributed by atoms with van der Waals surface area (Å²) >= 11 is 0. The first-order valence-electron chi connectivity index (χ1n) is 6.40. The second kappa shape index (κ2) is 4.44. The van der Waals surface area contributed by atoms with Gasteiger partial charge in [0.15, 0.2) is 6.29 Å². The number of hydrogen-bond donors (Lipinski definition) is 1. The minimum absolute atomic E-state index is 0.0819. The fourth-order valence-electron chi connectivity index (χ4n) is 3.10.